The van der Waals surface area contributed by atoms with Crippen LogP contribution in [0.25, 0.3) is 0 Å². The first kappa shape index (κ1) is 18.7. The molecular weight excluding hydrogens is 346 g/mol. The molecule has 0 fully saturated rings. The molecule has 3 rings (SSSR count). The van der Waals surface area contributed by atoms with Gasteiger partial charge in [-0.25, -0.2) is 0 Å². The van der Waals surface area contributed by atoms with Gasteiger partial charge in [0.25, 0.3) is 5.91 Å². The molecule has 7 heteroatoms. The van der Waals surface area contributed by atoms with Gasteiger partial charge in [-0.1, -0.05) is 18.2 Å². The van der Waals surface area contributed by atoms with Crippen molar-refractivity contribution in [2.24, 2.45) is 0 Å². The molecule has 1 aliphatic heterocycles. The number of benzene rings is 2. The van der Waals surface area contributed by atoms with Gasteiger partial charge in [0.2, 0.25) is 5.91 Å². The summed E-state index contributed by atoms with van der Waals surface area (Å²) in [6.45, 7) is 1.20. The molecule has 1 heterocycles. The van der Waals surface area contributed by atoms with Gasteiger partial charge in [0.05, 0.1) is 6.54 Å². The molecule has 142 valence electrons. The number of carbonyl (C=O) groups is 2. The van der Waals surface area contributed by atoms with Crippen LogP contribution < -0.4 is 20.1 Å². The molecule has 0 bridgehead atoms. The Balaban J connectivity index is 1.50. The maximum Gasteiger partial charge on any atom is 0.251 e. The summed E-state index contributed by atoms with van der Waals surface area (Å²) in [6, 6.07) is 14.4. The number of para-hydroxylation sites is 2. The van der Waals surface area contributed by atoms with Crippen LogP contribution in [0.4, 0.5) is 5.69 Å². The van der Waals surface area contributed by atoms with E-state index in [1.54, 1.807) is 31.3 Å². The molecule has 2 aromatic carbocycles. The number of rotatable bonds is 6. The first-order chi connectivity index (χ1) is 13.0. The molecular formula is C20H23N3O4. The number of amides is 2. The number of hydrogen-bond acceptors (Lipinski definition) is 5. The fourth-order valence-electron chi connectivity index (χ4n) is 2.89. The number of fused-ring (bicyclic) bond motifs is 1. The van der Waals surface area contributed by atoms with Gasteiger partial charge in [0.1, 0.15) is 12.7 Å². The second kappa shape index (κ2) is 8.55. The molecule has 2 aromatic rings. The van der Waals surface area contributed by atoms with Crippen molar-refractivity contribution in [3.8, 4) is 11.5 Å². The number of hydrogen-bond donors (Lipinski definition) is 2. The van der Waals surface area contributed by atoms with Gasteiger partial charge in [-0.15, -0.1) is 0 Å². The molecule has 0 saturated carbocycles. The van der Waals surface area contributed by atoms with Crippen LogP contribution in [0.3, 0.4) is 0 Å². The predicted molar refractivity (Wildman–Crippen MR) is 102 cm³/mol. The van der Waals surface area contributed by atoms with Crippen LogP contribution in [0.1, 0.15) is 10.4 Å². The third-order valence-corrected chi connectivity index (χ3v) is 4.13. The number of anilines is 1. The minimum absolute atomic E-state index is 0.144. The fourth-order valence-corrected chi connectivity index (χ4v) is 2.89. The van der Waals surface area contributed by atoms with Crippen LogP contribution in [-0.2, 0) is 4.79 Å². The first-order valence-corrected chi connectivity index (χ1v) is 8.74. The van der Waals surface area contributed by atoms with Gasteiger partial charge >= 0.3 is 0 Å². The zero-order valence-corrected chi connectivity index (χ0v) is 15.4. The quantitative estimate of drug-likeness (QED) is 0.811. The second-order valence-corrected chi connectivity index (χ2v) is 6.40. The first-order valence-electron chi connectivity index (χ1n) is 8.74. The van der Waals surface area contributed by atoms with Crippen molar-refractivity contribution in [3.05, 3.63) is 54.1 Å². The molecule has 2 N–H and O–H groups in total. The smallest absolute Gasteiger partial charge is 0.251 e. The van der Waals surface area contributed by atoms with Gasteiger partial charge < -0.3 is 20.1 Å². The molecule has 1 aliphatic rings. The van der Waals surface area contributed by atoms with E-state index < -0.39 is 0 Å². The van der Waals surface area contributed by atoms with E-state index >= 15 is 0 Å². The number of ether oxygens (including phenoxy) is 2. The highest BCUT2D eigenvalue weighted by Gasteiger charge is 2.22. The van der Waals surface area contributed by atoms with E-state index in [1.807, 2.05) is 36.2 Å². The lowest BCUT2D eigenvalue weighted by molar-refractivity contribution is -0.117. The molecule has 0 aliphatic carbocycles. The van der Waals surface area contributed by atoms with Gasteiger partial charge in [0.15, 0.2) is 11.5 Å². The molecule has 0 saturated heterocycles. The van der Waals surface area contributed by atoms with E-state index in [-0.39, 0.29) is 24.5 Å². The average Bonchev–Trinajstić information content (AvgIpc) is 2.67. The molecule has 2 amide bonds. The highest BCUT2D eigenvalue weighted by molar-refractivity contribution is 5.97. The summed E-state index contributed by atoms with van der Waals surface area (Å²) >= 11 is 0. The Labute approximate surface area is 158 Å². The van der Waals surface area contributed by atoms with Crippen LogP contribution >= 0.6 is 0 Å². The Morgan fingerprint density at radius 3 is 2.70 bits per heavy atom. The normalized spacial score (nSPS) is 15.3. The van der Waals surface area contributed by atoms with Crippen molar-refractivity contribution in [2.45, 2.75) is 6.10 Å². The number of nitrogens with zero attached hydrogens (tertiary/aromatic N) is 1. The lowest BCUT2D eigenvalue weighted by Crippen LogP contribution is -2.42. The summed E-state index contributed by atoms with van der Waals surface area (Å²) in [7, 11) is 3.42. The maximum absolute atomic E-state index is 12.3. The monoisotopic (exact) mass is 369 g/mol. The third kappa shape index (κ3) is 4.98. The minimum atomic E-state index is -0.196. The van der Waals surface area contributed by atoms with Crippen LogP contribution in [-0.4, -0.2) is 56.6 Å². The van der Waals surface area contributed by atoms with E-state index in [4.69, 9.17) is 9.47 Å². The molecule has 0 radical (unpaired) electrons. The Morgan fingerprint density at radius 1 is 1.15 bits per heavy atom. The SMILES string of the molecule is CNC(=O)c1cccc(NC(=O)CN(C)CC2COc3ccccc3O2)c1. The Bertz CT molecular complexity index is 824. The summed E-state index contributed by atoms with van der Waals surface area (Å²) in [4.78, 5) is 25.8. The molecule has 27 heavy (non-hydrogen) atoms. The van der Waals surface area contributed by atoms with Crippen molar-refractivity contribution in [3.63, 3.8) is 0 Å². The third-order valence-electron chi connectivity index (χ3n) is 4.13. The van der Waals surface area contributed by atoms with Gasteiger partial charge in [-0.05, 0) is 37.4 Å². The van der Waals surface area contributed by atoms with E-state index in [1.165, 1.54) is 0 Å². The highest BCUT2D eigenvalue weighted by Crippen LogP contribution is 2.30. The van der Waals surface area contributed by atoms with Crippen LogP contribution in [0.2, 0.25) is 0 Å². The number of likely N-dealkylation sites (N-methyl/N-ethyl adjacent to an activating group) is 1. The highest BCUT2D eigenvalue weighted by atomic mass is 16.6. The fraction of sp³-hybridized carbons (Fsp3) is 0.300. The number of nitrogens with one attached hydrogen (secondary N) is 2. The lowest BCUT2D eigenvalue weighted by atomic mass is 10.2. The van der Waals surface area contributed by atoms with E-state index in [9.17, 15) is 9.59 Å². The summed E-state index contributed by atoms with van der Waals surface area (Å²) in [6.07, 6.45) is -0.144. The van der Waals surface area contributed by atoms with Crippen molar-refractivity contribution in [1.82, 2.24) is 10.2 Å². The van der Waals surface area contributed by atoms with Crippen LogP contribution in [0, 0.1) is 0 Å². The zero-order valence-electron chi connectivity index (χ0n) is 15.4. The Hall–Kier alpha value is -3.06. The second-order valence-electron chi connectivity index (χ2n) is 6.40. The topological polar surface area (TPSA) is 79.9 Å². The zero-order chi connectivity index (χ0) is 19.2. The van der Waals surface area contributed by atoms with Crippen molar-refractivity contribution >= 4 is 17.5 Å². The van der Waals surface area contributed by atoms with Gasteiger partial charge in [-0.2, -0.15) is 0 Å². The van der Waals surface area contributed by atoms with Crippen molar-refractivity contribution in [1.29, 1.82) is 0 Å². The minimum Gasteiger partial charge on any atom is -0.486 e. The molecule has 0 aromatic heterocycles. The predicted octanol–water partition coefficient (Wildman–Crippen LogP) is 1.76. The molecule has 1 unspecified atom stereocenters. The molecule has 0 spiro atoms. The Kier molecular flexibility index (Phi) is 5.93. The maximum atomic E-state index is 12.3. The standard InChI is InChI=1S/C20H23N3O4/c1-21-20(25)14-6-5-7-15(10-14)22-19(24)12-23(2)11-16-13-26-17-8-3-4-9-18(17)27-16/h3-10,16H,11-13H2,1-2H3,(H,21,25)(H,22,24). The molecule has 1 atom stereocenters. The number of carbonyl (C=O) groups excluding carboxylic acids is 2. The summed E-state index contributed by atoms with van der Waals surface area (Å²) in [5.74, 6) is 1.10. The summed E-state index contributed by atoms with van der Waals surface area (Å²) in [5.41, 5.74) is 1.08. The van der Waals surface area contributed by atoms with Gasteiger partial charge in [0, 0.05) is 24.8 Å². The van der Waals surface area contributed by atoms with Gasteiger partial charge in [-0.3, -0.25) is 14.5 Å². The molecule has 7 nitrogen and oxygen atoms in total. The van der Waals surface area contributed by atoms with E-state index in [0.29, 0.717) is 24.4 Å². The van der Waals surface area contributed by atoms with Crippen molar-refractivity contribution in [2.75, 3.05) is 39.1 Å². The Morgan fingerprint density at radius 2 is 1.93 bits per heavy atom. The average molecular weight is 369 g/mol. The van der Waals surface area contributed by atoms with E-state index in [0.717, 1.165) is 11.5 Å². The van der Waals surface area contributed by atoms with Crippen molar-refractivity contribution < 1.29 is 19.1 Å². The summed E-state index contributed by atoms with van der Waals surface area (Å²) in [5, 5.41) is 5.37. The van der Waals surface area contributed by atoms with Crippen LogP contribution in [0.15, 0.2) is 48.5 Å². The van der Waals surface area contributed by atoms with Crippen LogP contribution in [0.5, 0.6) is 11.5 Å². The van der Waals surface area contributed by atoms with E-state index in [2.05, 4.69) is 10.6 Å². The largest absolute Gasteiger partial charge is 0.486 e. The summed E-state index contributed by atoms with van der Waals surface area (Å²) < 4.78 is 11.6. The lowest BCUT2D eigenvalue weighted by Gasteiger charge is -2.29.